The number of rotatable bonds is 2. The summed E-state index contributed by atoms with van der Waals surface area (Å²) < 4.78 is 0. The third-order valence-corrected chi connectivity index (χ3v) is 3.00. The number of anilines is 3. The normalized spacial score (nSPS) is 10.7. The number of nitrogens with one attached hydrogen (secondary N) is 1. The molecular formula is C14H13N5O. The van der Waals surface area contributed by atoms with Gasteiger partial charge in [-0.3, -0.25) is 0 Å². The van der Waals surface area contributed by atoms with E-state index in [1.807, 2.05) is 13.0 Å². The lowest BCUT2D eigenvalue weighted by atomic mass is 10.1. The summed E-state index contributed by atoms with van der Waals surface area (Å²) in [4.78, 5) is 12.3. The van der Waals surface area contributed by atoms with Gasteiger partial charge in [-0.05, 0) is 36.8 Å². The highest BCUT2D eigenvalue weighted by molar-refractivity contribution is 5.95. The molecule has 0 aliphatic carbocycles. The second kappa shape index (κ2) is 4.65. The van der Waals surface area contributed by atoms with E-state index in [9.17, 15) is 5.11 Å². The molecule has 0 saturated heterocycles. The number of benzene rings is 1. The summed E-state index contributed by atoms with van der Waals surface area (Å²) in [6.45, 7) is 1.94. The zero-order valence-corrected chi connectivity index (χ0v) is 10.8. The van der Waals surface area contributed by atoms with Gasteiger partial charge >= 0.3 is 0 Å². The zero-order chi connectivity index (χ0) is 14.1. The summed E-state index contributed by atoms with van der Waals surface area (Å²) in [5, 5.41) is 13.7. The van der Waals surface area contributed by atoms with E-state index in [-0.39, 0.29) is 5.88 Å². The molecule has 0 fully saturated rings. The summed E-state index contributed by atoms with van der Waals surface area (Å²) in [5.74, 6) is 0.531. The molecule has 0 unspecified atom stereocenters. The average molecular weight is 267 g/mol. The van der Waals surface area contributed by atoms with Crippen molar-refractivity contribution in [3.8, 4) is 5.88 Å². The summed E-state index contributed by atoms with van der Waals surface area (Å²) in [6, 6.07) is 7.11. The number of nitrogens with two attached hydrogens (primary N) is 1. The number of pyridine rings is 1. The fourth-order valence-electron chi connectivity index (χ4n) is 2.14. The van der Waals surface area contributed by atoms with Gasteiger partial charge in [-0.25, -0.2) is 15.0 Å². The molecule has 0 spiro atoms. The van der Waals surface area contributed by atoms with E-state index >= 15 is 0 Å². The van der Waals surface area contributed by atoms with Crippen LogP contribution in [0.25, 0.3) is 10.9 Å². The number of nitrogen functional groups attached to an aromatic ring is 1. The molecule has 2 aromatic heterocycles. The van der Waals surface area contributed by atoms with Crippen molar-refractivity contribution < 1.29 is 5.11 Å². The van der Waals surface area contributed by atoms with E-state index < -0.39 is 0 Å². The van der Waals surface area contributed by atoms with Gasteiger partial charge in [0.25, 0.3) is 0 Å². The smallest absolute Gasteiger partial charge is 0.235 e. The van der Waals surface area contributed by atoms with Crippen LogP contribution in [0, 0.1) is 6.92 Å². The van der Waals surface area contributed by atoms with Gasteiger partial charge in [0.2, 0.25) is 5.88 Å². The van der Waals surface area contributed by atoms with E-state index in [2.05, 4.69) is 20.3 Å². The van der Waals surface area contributed by atoms with Crippen LogP contribution >= 0.6 is 0 Å². The predicted octanol–water partition coefficient (Wildman–Crippen LogP) is 2.36. The third-order valence-electron chi connectivity index (χ3n) is 3.00. The standard InChI is InChI=1S/C14H13N5O/c1-8-5-9(15)6-11-12(8)13(18-7-17-11)19-10-3-2-4-16-14(10)20/h2-7H,15H2,1H3,(H,16,20)(H,17,18,19). The largest absolute Gasteiger partial charge is 0.492 e. The maximum absolute atomic E-state index is 9.72. The molecule has 0 bridgehead atoms. The summed E-state index contributed by atoms with van der Waals surface area (Å²) in [6.07, 6.45) is 2.97. The number of hydrogen-bond acceptors (Lipinski definition) is 6. The Kier molecular flexibility index (Phi) is 2.83. The molecule has 6 heteroatoms. The number of nitrogens with zero attached hydrogens (tertiary/aromatic N) is 3. The molecule has 20 heavy (non-hydrogen) atoms. The van der Waals surface area contributed by atoms with Crippen molar-refractivity contribution in [3.05, 3.63) is 42.4 Å². The van der Waals surface area contributed by atoms with Gasteiger partial charge in [-0.2, -0.15) is 0 Å². The van der Waals surface area contributed by atoms with Crippen LogP contribution in [-0.2, 0) is 0 Å². The molecule has 0 saturated carbocycles. The molecule has 0 radical (unpaired) electrons. The Labute approximate surface area is 115 Å². The molecule has 3 aromatic rings. The zero-order valence-electron chi connectivity index (χ0n) is 10.8. The first-order valence-electron chi connectivity index (χ1n) is 6.07. The summed E-state index contributed by atoms with van der Waals surface area (Å²) >= 11 is 0. The summed E-state index contributed by atoms with van der Waals surface area (Å²) in [7, 11) is 0. The minimum atomic E-state index is -0.0765. The molecule has 0 aliphatic rings. The molecule has 3 rings (SSSR count). The Balaban J connectivity index is 2.15. The summed E-state index contributed by atoms with van der Waals surface area (Å²) in [5.41, 5.74) is 8.68. The number of hydrogen-bond donors (Lipinski definition) is 3. The van der Waals surface area contributed by atoms with Crippen LogP contribution < -0.4 is 11.1 Å². The molecule has 4 N–H and O–H groups in total. The Bertz CT molecular complexity index is 788. The van der Waals surface area contributed by atoms with Crippen LogP contribution in [0.15, 0.2) is 36.8 Å². The number of aromatic hydroxyl groups is 1. The second-order valence-corrected chi connectivity index (χ2v) is 4.45. The monoisotopic (exact) mass is 267 g/mol. The van der Waals surface area contributed by atoms with Gasteiger partial charge in [0.1, 0.15) is 17.8 Å². The Morgan fingerprint density at radius 3 is 2.85 bits per heavy atom. The van der Waals surface area contributed by atoms with Crippen molar-refractivity contribution in [2.45, 2.75) is 6.92 Å². The average Bonchev–Trinajstić information content (AvgIpc) is 2.41. The highest BCUT2D eigenvalue weighted by atomic mass is 16.3. The predicted molar refractivity (Wildman–Crippen MR) is 77.9 cm³/mol. The SMILES string of the molecule is Cc1cc(N)cc2ncnc(Nc3cccnc3O)c12. The molecule has 2 heterocycles. The van der Waals surface area contributed by atoms with Gasteiger partial charge in [-0.15, -0.1) is 0 Å². The van der Waals surface area contributed by atoms with Crippen LogP contribution in [0.1, 0.15) is 5.56 Å². The first-order valence-corrected chi connectivity index (χ1v) is 6.07. The molecule has 100 valence electrons. The number of aryl methyl sites for hydroxylation is 1. The lowest BCUT2D eigenvalue weighted by molar-refractivity contribution is 0.456. The minimum Gasteiger partial charge on any atom is -0.492 e. The fourth-order valence-corrected chi connectivity index (χ4v) is 2.14. The maximum Gasteiger partial charge on any atom is 0.235 e. The van der Waals surface area contributed by atoms with Crippen LogP contribution in [0.4, 0.5) is 17.2 Å². The van der Waals surface area contributed by atoms with E-state index in [4.69, 9.17) is 5.73 Å². The number of aromatic nitrogens is 3. The molecule has 0 atom stereocenters. The van der Waals surface area contributed by atoms with Gasteiger partial charge < -0.3 is 16.2 Å². The lowest BCUT2D eigenvalue weighted by Gasteiger charge is -2.11. The Hall–Kier alpha value is -2.89. The van der Waals surface area contributed by atoms with E-state index in [1.54, 1.807) is 18.2 Å². The minimum absolute atomic E-state index is 0.0765. The Morgan fingerprint density at radius 1 is 1.20 bits per heavy atom. The first kappa shape index (κ1) is 12.2. The maximum atomic E-state index is 9.72. The third kappa shape index (κ3) is 2.07. The molecular weight excluding hydrogens is 254 g/mol. The van der Waals surface area contributed by atoms with Gasteiger partial charge in [0.05, 0.1) is 5.52 Å². The van der Waals surface area contributed by atoms with Crippen LogP contribution in [0.3, 0.4) is 0 Å². The van der Waals surface area contributed by atoms with Crippen molar-refractivity contribution in [2.75, 3.05) is 11.1 Å². The first-order chi connectivity index (χ1) is 9.65. The number of fused-ring (bicyclic) bond motifs is 1. The van der Waals surface area contributed by atoms with Gasteiger partial charge in [0, 0.05) is 17.3 Å². The highest BCUT2D eigenvalue weighted by Crippen LogP contribution is 2.30. The lowest BCUT2D eigenvalue weighted by Crippen LogP contribution is -1.99. The van der Waals surface area contributed by atoms with E-state index in [1.165, 1.54) is 12.5 Å². The fraction of sp³-hybridized carbons (Fsp3) is 0.0714. The molecule has 6 nitrogen and oxygen atoms in total. The highest BCUT2D eigenvalue weighted by Gasteiger charge is 2.10. The Morgan fingerprint density at radius 2 is 2.05 bits per heavy atom. The van der Waals surface area contributed by atoms with Crippen molar-refractivity contribution >= 4 is 28.1 Å². The van der Waals surface area contributed by atoms with E-state index in [0.29, 0.717) is 17.2 Å². The molecule has 1 aromatic carbocycles. The van der Waals surface area contributed by atoms with Crippen molar-refractivity contribution in [1.29, 1.82) is 0 Å². The quantitative estimate of drug-likeness (QED) is 0.617. The van der Waals surface area contributed by atoms with Crippen molar-refractivity contribution in [1.82, 2.24) is 15.0 Å². The van der Waals surface area contributed by atoms with Crippen molar-refractivity contribution in [3.63, 3.8) is 0 Å². The van der Waals surface area contributed by atoms with Gasteiger partial charge in [0.15, 0.2) is 0 Å². The van der Waals surface area contributed by atoms with Crippen LogP contribution in [0.2, 0.25) is 0 Å². The van der Waals surface area contributed by atoms with Gasteiger partial charge in [-0.1, -0.05) is 0 Å². The molecule has 0 aliphatic heterocycles. The van der Waals surface area contributed by atoms with Crippen LogP contribution in [-0.4, -0.2) is 20.1 Å². The van der Waals surface area contributed by atoms with Crippen LogP contribution in [0.5, 0.6) is 5.88 Å². The second-order valence-electron chi connectivity index (χ2n) is 4.45. The van der Waals surface area contributed by atoms with Crippen molar-refractivity contribution in [2.24, 2.45) is 0 Å². The topological polar surface area (TPSA) is 97.0 Å². The van der Waals surface area contributed by atoms with E-state index in [0.717, 1.165) is 16.5 Å². The molecule has 0 amide bonds.